The van der Waals surface area contributed by atoms with E-state index in [1.54, 1.807) is 0 Å². The van der Waals surface area contributed by atoms with E-state index in [1.807, 2.05) is 4.08 Å². The highest BCUT2D eigenvalue weighted by molar-refractivity contribution is 14.2. The van der Waals surface area contributed by atoms with Crippen molar-refractivity contribution in [3.8, 4) is 0 Å². The van der Waals surface area contributed by atoms with E-state index in [2.05, 4.69) is 26.0 Å². The molecule has 0 fully saturated rings. The summed E-state index contributed by atoms with van der Waals surface area (Å²) in [6, 6.07) is 0. The van der Waals surface area contributed by atoms with Gasteiger partial charge < -0.3 is 0 Å². The molecular weight excluding hydrogens is 275 g/mol. The smallest absolute Gasteiger partial charge is 0.174 e. The van der Waals surface area contributed by atoms with Gasteiger partial charge in [-0.3, -0.25) is 3.07 Å². The van der Waals surface area contributed by atoms with Gasteiger partial charge in [0.2, 0.25) is 0 Å². The van der Waals surface area contributed by atoms with Gasteiger partial charge in [-0.1, -0.05) is 32.4 Å². The van der Waals surface area contributed by atoms with Crippen LogP contribution in [0.5, 0.6) is 0 Å². The zero-order valence-corrected chi connectivity index (χ0v) is 10.3. The number of hydrogen-bond acceptors (Lipinski definition) is 1. The minimum absolute atomic E-state index is 0.966. The topological polar surface area (TPSA) is 17.1 Å². The summed E-state index contributed by atoms with van der Waals surface area (Å²) >= 11 is -0.966. The molecule has 0 aromatic rings. The molecule has 0 aromatic heterocycles. The molecule has 1 rings (SSSR count). The zero-order chi connectivity index (χ0) is 9.68. The SMILES string of the molecule is CCCC1=C/C(=C/I=O)C(CC)=C1. The molecule has 0 N–H and O–H groups in total. The maximum absolute atomic E-state index is 10.6. The van der Waals surface area contributed by atoms with Gasteiger partial charge >= 0.3 is 0 Å². The normalized spacial score (nSPS) is 19.1. The van der Waals surface area contributed by atoms with Crippen molar-refractivity contribution in [3.63, 3.8) is 0 Å². The molecule has 0 atom stereocenters. The summed E-state index contributed by atoms with van der Waals surface area (Å²) in [6.07, 6.45) is 7.78. The van der Waals surface area contributed by atoms with Crippen LogP contribution in [0.15, 0.2) is 33.0 Å². The number of halogens is 1. The first-order valence-electron chi connectivity index (χ1n) is 4.69. The van der Waals surface area contributed by atoms with E-state index in [0.717, 1.165) is 12.8 Å². The third-order valence-electron chi connectivity index (χ3n) is 2.15. The summed E-state index contributed by atoms with van der Waals surface area (Å²) < 4.78 is 12.5. The summed E-state index contributed by atoms with van der Waals surface area (Å²) in [4.78, 5) is 0. The quantitative estimate of drug-likeness (QED) is 0.707. The minimum Gasteiger partial charge on any atom is -0.266 e. The first kappa shape index (κ1) is 10.8. The fourth-order valence-electron chi connectivity index (χ4n) is 1.53. The van der Waals surface area contributed by atoms with Crippen LogP contribution < -0.4 is 0 Å². The van der Waals surface area contributed by atoms with Crippen molar-refractivity contribution in [2.45, 2.75) is 33.1 Å². The van der Waals surface area contributed by atoms with Crippen LogP contribution in [-0.4, -0.2) is 0 Å². The highest BCUT2D eigenvalue weighted by atomic mass is 127. The van der Waals surface area contributed by atoms with E-state index in [9.17, 15) is 3.07 Å². The highest BCUT2D eigenvalue weighted by Crippen LogP contribution is 2.29. The monoisotopic (exact) mass is 290 g/mol. The molecule has 0 unspecified atom stereocenters. The molecule has 0 aromatic carbocycles. The van der Waals surface area contributed by atoms with Crippen LogP contribution in [0.3, 0.4) is 0 Å². The lowest BCUT2D eigenvalue weighted by atomic mass is 10.1. The van der Waals surface area contributed by atoms with E-state index in [-0.39, 0.29) is 0 Å². The van der Waals surface area contributed by atoms with Crippen molar-refractivity contribution in [2.75, 3.05) is 0 Å². The van der Waals surface area contributed by atoms with Crippen LogP contribution in [0.4, 0.5) is 0 Å². The Hall–Kier alpha value is -0.250. The van der Waals surface area contributed by atoms with Crippen LogP contribution in [0.25, 0.3) is 0 Å². The second-order valence-corrected chi connectivity index (χ2v) is 4.28. The lowest BCUT2D eigenvalue weighted by Crippen LogP contribution is -1.77. The third kappa shape index (κ3) is 2.86. The molecule has 0 bridgehead atoms. The summed E-state index contributed by atoms with van der Waals surface area (Å²) in [5, 5.41) is 0. The van der Waals surface area contributed by atoms with Crippen molar-refractivity contribution >= 4 is 21.2 Å². The van der Waals surface area contributed by atoms with E-state index < -0.39 is 21.2 Å². The molecule has 13 heavy (non-hydrogen) atoms. The highest BCUT2D eigenvalue weighted by Gasteiger charge is 2.09. The molecule has 0 radical (unpaired) electrons. The van der Waals surface area contributed by atoms with Gasteiger partial charge in [-0.05, 0) is 29.6 Å². The van der Waals surface area contributed by atoms with Gasteiger partial charge in [0.25, 0.3) is 0 Å². The lowest BCUT2D eigenvalue weighted by Gasteiger charge is -1.96. The molecule has 0 amide bonds. The number of hydrogen-bond donors (Lipinski definition) is 0. The van der Waals surface area contributed by atoms with Gasteiger partial charge in [0.05, 0.1) is 0 Å². The van der Waals surface area contributed by atoms with Gasteiger partial charge in [-0.25, -0.2) is 0 Å². The van der Waals surface area contributed by atoms with Crippen molar-refractivity contribution in [3.05, 3.63) is 33.0 Å². The second-order valence-electron chi connectivity index (χ2n) is 3.15. The van der Waals surface area contributed by atoms with Gasteiger partial charge in [-0.2, -0.15) is 0 Å². The molecule has 0 saturated heterocycles. The Morgan fingerprint density at radius 2 is 2.15 bits per heavy atom. The Morgan fingerprint density at radius 3 is 2.69 bits per heavy atom. The van der Waals surface area contributed by atoms with Gasteiger partial charge in [0.15, 0.2) is 21.2 Å². The maximum atomic E-state index is 10.6. The molecule has 0 aliphatic heterocycles. The van der Waals surface area contributed by atoms with Gasteiger partial charge in [0.1, 0.15) is 0 Å². The molecular formula is C11H15IO. The Labute approximate surface area is 90.3 Å². The van der Waals surface area contributed by atoms with Crippen LogP contribution in [0, 0.1) is 0 Å². The molecule has 1 nitrogen and oxygen atoms in total. The van der Waals surface area contributed by atoms with Crippen molar-refractivity contribution < 1.29 is 3.07 Å². The van der Waals surface area contributed by atoms with E-state index in [4.69, 9.17) is 0 Å². The average Bonchev–Trinajstić information content (AvgIpc) is 2.49. The molecule has 0 heterocycles. The summed E-state index contributed by atoms with van der Waals surface area (Å²) in [5.74, 6) is 0. The summed E-state index contributed by atoms with van der Waals surface area (Å²) in [5.41, 5.74) is 3.94. The summed E-state index contributed by atoms with van der Waals surface area (Å²) in [7, 11) is 0. The summed E-state index contributed by atoms with van der Waals surface area (Å²) in [6.45, 7) is 4.33. The fraction of sp³-hybridized carbons (Fsp3) is 0.455. The van der Waals surface area contributed by atoms with Gasteiger partial charge in [-0.15, -0.1) is 0 Å². The molecule has 72 valence electrons. The molecule has 1 aliphatic carbocycles. The van der Waals surface area contributed by atoms with E-state index in [1.165, 1.54) is 23.1 Å². The van der Waals surface area contributed by atoms with E-state index >= 15 is 0 Å². The van der Waals surface area contributed by atoms with Crippen LogP contribution in [-0.2, 0) is 3.07 Å². The number of allylic oxidation sites excluding steroid dienone is 5. The largest absolute Gasteiger partial charge is 0.266 e. The average molecular weight is 290 g/mol. The molecule has 2 heteroatoms. The Kier molecular flexibility index (Phi) is 4.56. The molecule has 1 aliphatic rings. The Morgan fingerprint density at radius 1 is 1.38 bits per heavy atom. The predicted molar refractivity (Wildman–Crippen MR) is 64.2 cm³/mol. The lowest BCUT2D eigenvalue weighted by molar-refractivity contribution is 0.648. The first-order valence-corrected chi connectivity index (χ1v) is 6.81. The first-order chi connectivity index (χ1) is 6.31. The maximum Gasteiger partial charge on any atom is 0.174 e. The Balaban J connectivity index is 2.82. The van der Waals surface area contributed by atoms with Crippen molar-refractivity contribution in [1.29, 1.82) is 0 Å². The molecule has 0 saturated carbocycles. The Bertz CT molecular complexity index is 284. The van der Waals surface area contributed by atoms with E-state index in [0.29, 0.717) is 0 Å². The van der Waals surface area contributed by atoms with Crippen LogP contribution in [0.2, 0.25) is 0 Å². The number of rotatable bonds is 4. The standard InChI is InChI=1S/C11H15IO/c1-3-5-9-6-10(4-2)11(7-9)8-12-13/h6-8H,3-5H2,1-2H3/b11-8-. The molecule has 0 spiro atoms. The van der Waals surface area contributed by atoms with Crippen molar-refractivity contribution in [2.24, 2.45) is 0 Å². The zero-order valence-electron chi connectivity index (χ0n) is 8.14. The van der Waals surface area contributed by atoms with Crippen LogP contribution >= 0.6 is 21.2 Å². The van der Waals surface area contributed by atoms with Crippen molar-refractivity contribution in [1.82, 2.24) is 0 Å². The predicted octanol–water partition coefficient (Wildman–Crippen LogP) is 4.26. The minimum atomic E-state index is -0.966. The van der Waals surface area contributed by atoms with Gasteiger partial charge in [0, 0.05) is 4.08 Å². The fourth-order valence-corrected chi connectivity index (χ4v) is 2.38. The second kappa shape index (κ2) is 5.47. The van der Waals surface area contributed by atoms with Crippen LogP contribution in [0.1, 0.15) is 33.1 Å². The third-order valence-corrected chi connectivity index (χ3v) is 3.08.